The summed E-state index contributed by atoms with van der Waals surface area (Å²) in [6.45, 7) is 14.4. The van der Waals surface area contributed by atoms with E-state index in [-0.39, 0.29) is 6.61 Å². The fourth-order valence-corrected chi connectivity index (χ4v) is 2.72. The van der Waals surface area contributed by atoms with Crippen LogP contribution >= 0.6 is 0 Å². The second kappa shape index (κ2) is 8.13. The summed E-state index contributed by atoms with van der Waals surface area (Å²) in [5, 5.41) is 9.32. The van der Waals surface area contributed by atoms with E-state index in [1.165, 1.54) is 12.8 Å². The smallest absolute Gasteiger partial charge is 0.0609 e. The van der Waals surface area contributed by atoms with Gasteiger partial charge in [-0.05, 0) is 39.0 Å². The van der Waals surface area contributed by atoms with Gasteiger partial charge in [-0.1, -0.05) is 27.7 Å². The molecule has 110 valence electrons. The van der Waals surface area contributed by atoms with Gasteiger partial charge in [0.25, 0.3) is 0 Å². The van der Waals surface area contributed by atoms with E-state index in [4.69, 9.17) is 5.73 Å². The van der Waals surface area contributed by atoms with Crippen molar-refractivity contribution in [2.45, 2.75) is 78.4 Å². The number of rotatable bonds is 9. The van der Waals surface area contributed by atoms with E-state index >= 15 is 0 Å². The highest BCUT2D eigenvalue weighted by molar-refractivity contribution is 4.86. The Labute approximate surface area is 114 Å². The first-order valence-corrected chi connectivity index (χ1v) is 7.42. The van der Waals surface area contributed by atoms with E-state index in [0.717, 1.165) is 13.0 Å². The number of nitrogens with two attached hydrogens (primary N) is 1. The minimum atomic E-state index is -0.472. The van der Waals surface area contributed by atoms with E-state index in [2.05, 4.69) is 39.5 Å². The van der Waals surface area contributed by atoms with E-state index in [1.807, 2.05) is 6.92 Å². The summed E-state index contributed by atoms with van der Waals surface area (Å²) in [5.41, 5.74) is 5.62. The Morgan fingerprint density at radius 3 is 2.00 bits per heavy atom. The number of aliphatic hydroxyl groups excluding tert-OH is 1. The largest absolute Gasteiger partial charge is 0.394 e. The van der Waals surface area contributed by atoms with Crippen LogP contribution in [0, 0.1) is 5.92 Å². The molecular formula is C15H34N2O. The number of hydrogen-bond acceptors (Lipinski definition) is 3. The Morgan fingerprint density at radius 2 is 1.67 bits per heavy atom. The van der Waals surface area contributed by atoms with Crippen LogP contribution in [0.3, 0.4) is 0 Å². The first-order valence-electron chi connectivity index (χ1n) is 7.42. The lowest BCUT2D eigenvalue weighted by Crippen LogP contribution is -2.50. The lowest BCUT2D eigenvalue weighted by molar-refractivity contribution is 0.0855. The van der Waals surface area contributed by atoms with Crippen LogP contribution in [-0.4, -0.2) is 40.8 Å². The van der Waals surface area contributed by atoms with Crippen molar-refractivity contribution in [1.82, 2.24) is 4.90 Å². The zero-order chi connectivity index (χ0) is 14.3. The molecule has 0 fully saturated rings. The third-order valence-electron chi connectivity index (χ3n) is 3.68. The van der Waals surface area contributed by atoms with Crippen molar-refractivity contribution >= 4 is 0 Å². The van der Waals surface area contributed by atoms with Gasteiger partial charge in [0.1, 0.15) is 0 Å². The summed E-state index contributed by atoms with van der Waals surface area (Å²) in [6, 6.07) is 1.04. The van der Waals surface area contributed by atoms with Crippen molar-refractivity contribution in [3.05, 3.63) is 0 Å². The Hall–Kier alpha value is -0.120. The summed E-state index contributed by atoms with van der Waals surface area (Å²) in [6.07, 6.45) is 3.19. The van der Waals surface area contributed by atoms with Gasteiger partial charge in [-0.15, -0.1) is 0 Å². The molecule has 0 radical (unpaired) electrons. The van der Waals surface area contributed by atoms with Crippen molar-refractivity contribution in [3.63, 3.8) is 0 Å². The molecule has 0 aliphatic carbocycles. The minimum absolute atomic E-state index is 0.0514. The van der Waals surface area contributed by atoms with E-state index in [9.17, 15) is 5.11 Å². The molecular weight excluding hydrogens is 224 g/mol. The molecule has 0 amide bonds. The lowest BCUT2D eigenvalue weighted by Gasteiger charge is -2.40. The van der Waals surface area contributed by atoms with Crippen LogP contribution in [0.4, 0.5) is 0 Å². The van der Waals surface area contributed by atoms with E-state index in [1.54, 1.807) is 0 Å². The molecule has 2 unspecified atom stereocenters. The van der Waals surface area contributed by atoms with Crippen molar-refractivity contribution in [2.75, 3.05) is 13.2 Å². The minimum Gasteiger partial charge on any atom is -0.394 e. The number of nitrogens with zero attached hydrogens (tertiary/aromatic N) is 1. The summed E-state index contributed by atoms with van der Waals surface area (Å²) in [7, 11) is 0. The zero-order valence-corrected chi connectivity index (χ0v) is 13.2. The van der Waals surface area contributed by atoms with Gasteiger partial charge in [0.15, 0.2) is 0 Å². The summed E-state index contributed by atoms with van der Waals surface area (Å²) >= 11 is 0. The van der Waals surface area contributed by atoms with Crippen LogP contribution in [0.5, 0.6) is 0 Å². The average molecular weight is 258 g/mol. The Balaban J connectivity index is 4.73. The topological polar surface area (TPSA) is 49.5 Å². The molecule has 3 heteroatoms. The van der Waals surface area contributed by atoms with Gasteiger partial charge in [0.05, 0.1) is 6.61 Å². The average Bonchev–Trinajstić information content (AvgIpc) is 2.28. The SMILES string of the molecule is CCC(CC)N(CC(C)C)C(C)CC(C)(N)CO. The van der Waals surface area contributed by atoms with Crippen LogP contribution < -0.4 is 5.73 Å². The summed E-state index contributed by atoms with van der Waals surface area (Å²) in [5.74, 6) is 0.659. The third-order valence-corrected chi connectivity index (χ3v) is 3.68. The highest BCUT2D eigenvalue weighted by Crippen LogP contribution is 2.20. The molecule has 0 heterocycles. The highest BCUT2D eigenvalue weighted by atomic mass is 16.3. The Kier molecular flexibility index (Phi) is 8.08. The van der Waals surface area contributed by atoms with Crippen molar-refractivity contribution in [3.8, 4) is 0 Å². The Morgan fingerprint density at radius 1 is 1.17 bits per heavy atom. The van der Waals surface area contributed by atoms with Crippen LogP contribution in [0.25, 0.3) is 0 Å². The normalized spacial score (nSPS) is 17.5. The molecule has 0 aliphatic heterocycles. The quantitative estimate of drug-likeness (QED) is 0.668. The standard InChI is InChI=1S/C15H34N2O/c1-7-14(8-2)17(10-12(3)4)13(5)9-15(6,16)11-18/h12-14,18H,7-11,16H2,1-6H3. The summed E-state index contributed by atoms with van der Waals surface area (Å²) < 4.78 is 0. The molecule has 18 heavy (non-hydrogen) atoms. The van der Waals surface area contributed by atoms with Crippen LogP contribution in [0.15, 0.2) is 0 Å². The van der Waals surface area contributed by atoms with Gasteiger partial charge in [0, 0.05) is 24.2 Å². The fraction of sp³-hybridized carbons (Fsp3) is 1.00. The molecule has 0 bridgehead atoms. The van der Waals surface area contributed by atoms with Crippen LogP contribution in [0.2, 0.25) is 0 Å². The maximum Gasteiger partial charge on any atom is 0.0609 e. The van der Waals surface area contributed by atoms with Gasteiger partial charge in [-0.2, -0.15) is 0 Å². The summed E-state index contributed by atoms with van der Waals surface area (Å²) in [4.78, 5) is 2.57. The van der Waals surface area contributed by atoms with Crippen molar-refractivity contribution < 1.29 is 5.11 Å². The molecule has 0 rings (SSSR count). The lowest BCUT2D eigenvalue weighted by atomic mass is 9.93. The molecule has 0 spiro atoms. The van der Waals surface area contributed by atoms with Crippen LogP contribution in [0.1, 0.15) is 60.8 Å². The molecule has 0 aromatic rings. The molecule has 0 aromatic heterocycles. The van der Waals surface area contributed by atoms with Crippen molar-refractivity contribution in [1.29, 1.82) is 0 Å². The molecule has 2 atom stereocenters. The predicted octanol–water partition coefficient (Wildman–Crippen LogP) is 2.62. The van der Waals surface area contributed by atoms with Gasteiger partial charge < -0.3 is 10.8 Å². The molecule has 0 aromatic carbocycles. The predicted molar refractivity (Wildman–Crippen MR) is 79.7 cm³/mol. The van der Waals surface area contributed by atoms with Gasteiger partial charge in [0.2, 0.25) is 0 Å². The van der Waals surface area contributed by atoms with E-state index < -0.39 is 5.54 Å². The first kappa shape index (κ1) is 17.9. The van der Waals surface area contributed by atoms with Crippen molar-refractivity contribution in [2.24, 2.45) is 11.7 Å². The number of hydrogen-bond donors (Lipinski definition) is 2. The van der Waals surface area contributed by atoms with Gasteiger partial charge in [-0.3, -0.25) is 4.90 Å². The molecule has 3 N–H and O–H groups in total. The monoisotopic (exact) mass is 258 g/mol. The first-order chi connectivity index (χ1) is 8.27. The fourth-order valence-electron chi connectivity index (χ4n) is 2.72. The third kappa shape index (κ3) is 6.17. The second-order valence-corrected chi connectivity index (χ2v) is 6.43. The molecule has 0 aliphatic rings. The van der Waals surface area contributed by atoms with Gasteiger partial charge in [-0.25, -0.2) is 0 Å². The highest BCUT2D eigenvalue weighted by Gasteiger charge is 2.27. The van der Waals surface area contributed by atoms with Gasteiger partial charge >= 0.3 is 0 Å². The maximum atomic E-state index is 9.32. The van der Waals surface area contributed by atoms with E-state index in [0.29, 0.717) is 18.0 Å². The number of aliphatic hydroxyl groups is 1. The maximum absolute atomic E-state index is 9.32. The zero-order valence-electron chi connectivity index (χ0n) is 13.2. The van der Waals surface area contributed by atoms with Crippen LogP contribution in [-0.2, 0) is 0 Å². The molecule has 0 saturated carbocycles. The second-order valence-electron chi connectivity index (χ2n) is 6.43. The molecule has 0 saturated heterocycles. The molecule has 3 nitrogen and oxygen atoms in total. The Bertz CT molecular complexity index is 213.